The molecule has 0 spiro atoms. The fourth-order valence-corrected chi connectivity index (χ4v) is 2.67. The molecule has 0 saturated heterocycles. The van der Waals surface area contributed by atoms with Crippen molar-refractivity contribution in [1.82, 2.24) is 5.32 Å². The zero-order valence-electron chi connectivity index (χ0n) is 11.0. The highest BCUT2D eigenvalue weighted by atomic mass is 32.2. The molecule has 4 nitrogen and oxygen atoms in total. The third kappa shape index (κ3) is 3.92. The van der Waals surface area contributed by atoms with Gasteiger partial charge in [-0.2, -0.15) is 0 Å². The number of nitrogens with two attached hydrogens (primary N) is 1. The molecule has 1 aromatic rings. The third-order valence-electron chi connectivity index (χ3n) is 2.43. The van der Waals surface area contributed by atoms with Gasteiger partial charge in [0, 0.05) is 23.0 Å². The van der Waals surface area contributed by atoms with Crippen LogP contribution in [-0.4, -0.2) is 25.3 Å². The minimum atomic E-state index is -0.127. The topological polar surface area (TPSA) is 64.3 Å². The molecule has 0 saturated carbocycles. The van der Waals surface area contributed by atoms with Gasteiger partial charge in [-0.15, -0.1) is 11.8 Å². The predicted octanol–water partition coefficient (Wildman–Crippen LogP) is 1.94. The van der Waals surface area contributed by atoms with E-state index in [9.17, 15) is 4.79 Å². The number of rotatable bonds is 6. The fourth-order valence-electron chi connectivity index (χ4n) is 1.67. The molecule has 0 aliphatic heterocycles. The van der Waals surface area contributed by atoms with E-state index < -0.39 is 0 Å². The second-order valence-corrected chi connectivity index (χ2v) is 4.92. The summed E-state index contributed by atoms with van der Waals surface area (Å²) in [4.78, 5) is 12.5. The Morgan fingerprint density at radius 2 is 2.28 bits per heavy atom. The molecule has 18 heavy (non-hydrogen) atoms. The molecular weight excluding hydrogens is 248 g/mol. The Labute approximate surface area is 112 Å². The van der Waals surface area contributed by atoms with Crippen LogP contribution in [0.3, 0.4) is 0 Å². The molecule has 0 heterocycles. The minimum absolute atomic E-state index is 0.0287. The van der Waals surface area contributed by atoms with E-state index in [0.29, 0.717) is 12.3 Å². The van der Waals surface area contributed by atoms with Crippen LogP contribution in [-0.2, 0) is 4.79 Å². The normalized spacial score (nSPS) is 12.0. The van der Waals surface area contributed by atoms with Gasteiger partial charge in [0.25, 0.3) is 0 Å². The van der Waals surface area contributed by atoms with Gasteiger partial charge in [-0.05, 0) is 26.0 Å². The third-order valence-corrected chi connectivity index (χ3v) is 3.51. The molecule has 100 valence electrons. The van der Waals surface area contributed by atoms with Crippen molar-refractivity contribution in [3.63, 3.8) is 0 Å². The van der Waals surface area contributed by atoms with Crippen molar-refractivity contribution >= 4 is 17.7 Å². The van der Waals surface area contributed by atoms with Crippen LogP contribution < -0.4 is 15.8 Å². The Morgan fingerprint density at radius 3 is 2.83 bits per heavy atom. The lowest BCUT2D eigenvalue weighted by Crippen LogP contribution is -2.24. The number of nitrogens with one attached hydrogen (secondary N) is 1. The standard InChI is InChI=1S/C13H20N2O2S/c1-4-15-12(16)8-18-11-7-5-6-10(17-3)13(11)9(2)14/h5-7,9H,4,8,14H2,1-3H3,(H,15,16)/t9-/m0/s1. The summed E-state index contributed by atoms with van der Waals surface area (Å²) in [5.74, 6) is 1.19. The summed E-state index contributed by atoms with van der Waals surface area (Å²) in [7, 11) is 1.62. The first-order valence-corrected chi connectivity index (χ1v) is 6.90. The number of benzene rings is 1. The quantitative estimate of drug-likeness (QED) is 0.774. The number of hydrogen-bond donors (Lipinski definition) is 2. The molecule has 5 heteroatoms. The Morgan fingerprint density at radius 1 is 1.56 bits per heavy atom. The van der Waals surface area contributed by atoms with Gasteiger partial charge < -0.3 is 15.8 Å². The van der Waals surface area contributed by atoms with Gasteiger partial charge in [0.1, 0.15) is 5.75 Å². The van der Waals surface area contributed by atoms with Crippen LogP contribution in [0, 0.1) is 0 Å². The second-order valence-electron chi connectivity index (χ2n) is 3.90. The second kappa shape index (κ2) is 7.28. The molecule has 1 aromatic carbocycles. The monoisotopic (exact) mass is 268 g/mol. The van der Waals surface area contributed by atoms with Gasteiger partial charge >= 0.3 is 0 Å². The Hall–Kier alpha value is -1.20. The van der Waals surface area contributed by atoms with Gasteiger partial charge in [-0.1, -0.05) is 6.07 Å². The number of carbonyl (C=O) groups is 1. The van der Waals surface area contributed by atoms with Crippen LogP contribution in [0.1, 0.15) is 25.5 Å². The molecule has 0 aliphatic rings. The van der Waals surface area contributed by atoms with Gasteiger partial charge in [0.2, 0.25) is 5.91 Å². The lowest BCUT2D eigenvalue weighted by atomic mass is 10.1. The van der Waals surface area contributed by atoms with Crippen LogP contribution >= 0.6 is 11.8 Å². The Bertz CT molecular complexity index is 408. The maximum atomic E-state index is 11.5. The SMILES string of the molecule is CCNC(=O)CSc1cccc(OC)c1[C@H](C)N. The summed E-state index contributed by atoms with van der Waals surface area (Å²) >= 11 is 1.48. The first-order chi connectivity index (χ1) is 8.60. The Balaban J connectivity index is 2.84. The van der Waals surface area contributed by atoms with E-state index >= 15 is 0 Å². The average molecular weight is 268 g/mol. The minimum Gasteiger partial charge on any atom is -0.496 e. The van der Waals surface area contributed by atoms with E-state index in [1.54, 1.807) is 7.11 Å². The van der Waals surface area contributed by atoms with Crippen molar-refractivity contribution in [2.45, 2.75) is 24.8 Å². The zero-order chi connectivity index (χ0) is 13.5. The number of hydrogen-bond acceptors (Lipinski definition) is 4. The largest absolute Gasteiger partial charge is 0.496 e. The summed E-state index contributed by atoms with van der Waals surface area (Å²) in [6.45, 7) is 4.47. The molecule has 1 atom stereocenters. The first-order valence-electron chi connectivity index (χ1n) is 5.92. The molecule has 0 fully saturated rings. The van der Waals surface area contributed by atoms with Crippen molar-refractivity contribution in [2.24, 2.45) is 5.73 Å². The molecule has 0 aliphatic carbocycles. The van der Waals surface area contributed by atoms with Crippen LogP contribution in [0.25, 0.3) is 0 Å². The van der Waals surface area contributed by atoms with Gasteiger partial charge in [0.15, 0.2) is 0 Å². The van der Waals surface area contributed by atoms with E-state index in [1.165, 1.54) is 11.8 Å². The maximum absolute atomic E-state index is 11.5. The molecule has 0 aromatic heterocycles. The van der Waals surface area contributed by atoms with Gasteiger partial charge in [0.05, 0.1) is 12.9 Å². The van der Waals surface area contributed by atoms with Crippen molar-refractivity contribution in [3.05, 3.63) is 23.8 Å². The number of methoxy groups -OCH3 is 1. The van der Waals surface area contributed by atoms with E-state index in [1.807, 2.05) is 32.0 Å². The zero-order valence-corrected chi connectivity index (χ0v) is 11.8. The molecule has 0 unspecified atom stereocenters. The van der Waals surface area contributed by atoms with E-state index in [0.717, 1.165) is 16.2 Å². The van der Waals surface area contributed by atoms with Gasteiger partial charge in [-0.25, -0.2) is 0 Å². The summed E-state index contributed by atoms with van der Waals surface area (Å²) in [6, 6.07) is 5.63. The number of ether oxygens (including phenoxy) is 1. The van der Waals surface area contributed by atoms with Crippen molar-refractivity contribution in [1.29, 1.82) is 0 Å². The summed E-state index contributed by atoms with van der Waals surface area (Å²) in [5, 5.41) is 2.77. The summed E-state index contributed by atoms with van der Waals surface area (Å²) in [5.41, 5.74) is 6.92. The van der Waals surface area contributed by atoms with Crippen molar-refractivity contribution in [2.75, 3.05) is 19.4 Å². The number of carbonyl (C=O) groups excluding carboxylic acids is 1. The Kier molecular flexibility index (Phi) is 6.01. The van der Waals surface area contributed by atoms with Crippen LogP contribution in [0.2, 0.25) is 0 Å². The lowest BCUT2D eigenvalue weighted by molar-refractivity contribution is -0.118. The molecule has 0 bridgehead atoms. The molecule has 1 rings (SSSR count). The highest BCUT2D eigenvalue weighted by Gasteiger charge is 2.14. The average Bonchev–Trinajstić information content (AvgIpc) is 2.35. The fraction of sp³-hybridized carbons (Fsp3) is 0.462. The van der Waals surface area contributed by atoms with Crippen LogP contribution in [0.5, 0.6) is 5.75 Å². The summed E-state index contributed by atoms with van der Waals surface area (Å²) in [6.07, 6.45) is 0. The summed E-state index contributed by atoms with van der Waals surface area (Å²) < 4.78 is 5.31. The molecule has 3 N–H and O–H groups in total. The first kappa shape index (κ1) is 14.9. The maximum Gasteiger partial charge on any atom is 0.230 e. The highest BCUT2D eigenvalue weighted by Crippen LogP contribution is 2.33. The lowest BCUT2D eigenvalue weighted by Gasteiger charge is -2.16. The van der Waals surface area contributed by atoms with E-state index in [2.05, 4.69) is 5.32 Å². The van der Waals surface area contributed by atoms with Gasteiger partial charge in [-0.3, -0.25) is 4.79 Å². The smallest absolute Gasteiger partial charge is 0.230 e. The van der Waals surface area contributed by atoms with Crippen LogP contribution in [0.15, 0.2) is 23.1 Å². The van der Waals surface area contributed by atoms with E-state index in [-0.39, 0.29) is 11.9 Å². The predicted molar refractivity (Wildman–Crippen MR) is 75.0 cm³/mol. The molecule has 0 radical (unpaired) electrons. The highest BCUT2D eigenvalue weighted by molar-refractivity contribution is 8.00. The number of thioether (sulfide) groups is 1. The van der Waals surface area contributed by atoms with Crippen molar-refractivity contribution in [3.8, 4) is 5.75 Å². The van der Waals surface area contributed by atoms with E-state index in [4.69, 9.17) is 10.5 Å². The number of amides is 1. The van der Waals surface area contributed by atoms with Crippen molar-refractivity contribution < 1.29 is 9.53 Å². The molecular formula is C13H20N2O2S. The molecule has 1 amide bonds. The van der Waals surface area contributed by atoms with Crippen LogP contribution in [0.4, 0.5) is 0 Å².